The Morgan fingerprint density at radius 3 is 2.70 bits per heavy atom. The van der Waals surface area contributed by atoms with Crippen molar-refractivity contribution in [2.24, 2.45) is 17.6 Å². The molecule has 0 spiro atoms. The highest BCUT2D eigenvalue weighted by atomic mass is 16.5. The van der Waals surface area contributed by atoms with Crippen LogP contribution >= 0.6 is 0 Å². The van der Waals surface area contributed by atoms with Crippen LogP contribution in [0, 0.1) is 11.8 Å². The molecule has 2 N–H and O–H groups in total. The molecule has 0 saturated carbocycles. The largest absolute Gasteiger partial charge is 0.381 e. The van der Waals surface area contributed by atoms with E-state index >= 15 is 0 Å². The van der Waals surface area contributed by atoms with Crippen LogP contribution in [0.4, 0.5) is 0 Å². The van der Waals surface area contributed by atoms with E-state index in [-0.39, 0.29) is 0 Å². The van der Waals surface area contributed by atoms with Gasteiger partial charge in [0.05, 0.1) is 6.61 Å². The van der Waals surface area contributed by atoms with E-state index in [2.05, 4.69) is 13.8 Å². The van der Waals surface area contributed by atoms with Crippen molar-refractivity contribution in [2.75, 3.05) is 32.8 Å². The van der Waals surface area contributed by atoms with Crippen LogP contribution in [0.25, 0.3) is 0 Å². The molecule has 1 aliphatic rings. The third kappa shape index (κ3) is 6.23. The van der Waals surface area contributed by atoms with Crippen molar-refractivity contribution < 1.29 is 9.53 Å². The van der Waals surface area contributed by atoms with Gasteiger partial charge in [-0.25, -0.2) is 0 Å². The third-order valence-corrected chi connectivity index (χ3v) is 4.28. The maximum atomic E-state index is 12.3. The highest BCUT2D eigenvalue weighted by molar-refractivity contribution is 5.76. The zero-order valence-electron chi connectivity index (χ0n) is 13.3. The summed E-state index contributed by atoms with van der Waals surface area (Å²) in [5, 5.41) is 0. The summed E-state index contributed by atoms with van der Waals surface area (Å²) >= 11 is 0. The van der Waals surface area contributed by atoms with Crippen molar-refractivity contribution in [3.63, 3.8) is 0 Å². The Hall–Kier alpha value is -0.610. The van der Waals surface area contributed by atoms with Gasteiger partial charge in [0.15, 0.2) is 0 Å². The van der Waals surface area contributed by atoms with E-state index in [4.69, 9.17) is 10.5 Å². The molecule has 0 aliphatic carbocycles. The fourth-order valence-corrected chi connectivity index (χ4v) is 3.01. The number of ether oxygens (including phenoxy) is 1. The molecule has 20 heavy (non-hydrogen) atoms. The Labute approximate surface area is 124 Å². The molecule has 1 saturated heterocycles. The zero-order valence-corrected chi connectivity index (χ0v) is 13.3. The van der Waals surface area contributed by atoms with Crippen molar-refractivity contribution in [3.8, 4) is 0 Å². The van der Waals surface area contributed by atoms with Crippen LogP contribution in [0.3, 0.4) is 0 Å². The molecule has 2 atom stereocenters. The predicted octanol–water partition coefficient (Wildman–Crippen LogP) is 2.42. The van der Waals surface area contributed by atoms with Crippen LogP contribution in [0.15, 0.2) is 0 Å². The molecule has 1 fully saturated rings. The van der Waals surface area contributed by atoms with Gasteiger partial charge < -0.3 is 15.4 Å². The molecule has 2 unspecified atom stereocenters. The van der Waals surface area contributed by atoms with Gasteiger partial charge in [-0.15, -0.1) is 0 Å². The van der Waals surface area contributed by atoms with Gasteiger partial charge in [0, 0.05) is 32.0 Å². The SMILES string of the molecule is CCCC(CCN)CCC(=O)N(CC)CC1CCOC1. The molecule has 118 valence electrons. The van der Waals surface area contributed by atoms with Gasteiger partial charge in [0.25, 0.3) is 0 Å². The number of rotatable bonds is 10. The molecule has 0 aromatic rings. The summed E-state index contributed by atoms with van der Waals surface area (Å²) in [4.78, 5) is 14.3. The number of hydrogen-bond donors (Lipinski definition) is 1. The van der Waals surface area contributed by atoms with Crippen molar-refractivity contribution in [1.82, 2.24) is 4.90 Å². The first kappa shape index (κ1) is 17.4. The number of hydrogen-bond acceptors (Lipinski definition) is 3. The summed E-state index contributed by atoms with van der Waals surface area (Å²) in [5.41, 5.74) is 5.65. The van der Waals surface area contributed by atoms with Crippen molar-refractivity contribution in [3.05, 3.63) is 0 Å². The van der Waals surface area contributed by atoms with Crippen molar-refractivity contribution in [1.29, 1.82) is 0 Å². The molecule has 1 aliphatic heterocycles. The van der Waals surface area contributed by atoms with Gasteiger partial charge in [-0.2, -0.15) is 0 Å². The Morgan fingerprint density at radius 2 is 2.15 bits per heavy atom. The lowest BCUT2D eigenvalue weighted by molar-refractivity contribution is -0.132. The van der Waals surface area contributed by atoms with Gasteiger partial charge in [0.1, 0.15) is 0 Å². The van der Waals surface area contributed by atoms with E-state index in [1.807, 2.05) is 4.90 Å². The molecular formula is C16H32N2O2. The highest BCUT2D eigenvalue weighted by Crippen LogP contribution is 2.19. The predicted molar refractivity (Wildman–Crippen MR) is 82.5 cm³/mol. The fourth-order valence-electron chi connectivity index (χ4n) is 3.01. The van der Waals surface area contributed by atoms with E-state index in [1.165, 1.54) is 12.8 Å². The minimum absolute atomic E-state index is 0.303. The summed E-state index contributed by atoms with van der Waals surface area (Å²) in [6, 6.07) is 0. The Bertz CT molecular complexity index is 259. The minimum Gasteiger partial charge on any atom is -0.381 e. The standard InChI is InChI=1S/C16H32N2O2/c1-3-5-14(8-10-17)6-7-16(19)18(4-2)12-15-9-11-20-13-15/h14-15H,3-13,17H2,1-2H3. The number of amides is 1. The van der Waals surface area contributed by atoms with Crippen molar-refractivity contribution in [2.45, 2.75) is 52.4 Å². The molecular weight excluding hydrogens is 252 g/mol. The van der Waals surface area contributed by atoms with Crippen molar-refractivity contribution >= 4 is 5.91 Å². The smallest absolute Gasteiger partial charge is 0.222 e. The molecule has 0 aromatic heterocycles. The van der Waals surface area contributed by atoms with Crippen LogP contribution in [-0.4, -0.2) is 43.7 Å². The lowest BCUT2D eigenvalue weighted by Crippen LogP contribution is -2.35. The van der Waals surface area contributed by atoms with Gasteiger partial charge in [-0.3, -0.25) is 4.79 Å². The summed E-state index contributed by atoms with van der Waals surface area (Å²) in [7, 11) is 0. The minimum atomic E-state index is 0.303. The van der Waals surface area contributed by atoms with Crippen LogP contribution in [0.1, 0.15) is 52.4 Å². The molecule has 0 radical (unpaired) electrons. The molecule has 0 bridgehead atoms. The topological polar surface area (TPSA) is 55.6 Å². The molecule has 4 nitrogen and oxygen atoms in total. The first-order valence-corrected chi connectivity index (χ1v) is 8.26. The maximum Gasteiger partial charge on any atom is 0.222 e. The van der Waals surface area contributed by atoms with Gasteiger partial charge in [-0.05, 0) is 38.6 Å². The van der Waals surface area contributed by atoms with E-state index in [9.17, 15) is 4.79 Å². The quantitative estimate of drug-likeness (QED) is 0.670. The number of nitrogens with zero attached hydrogens (tertiary/aromatic N) is 1. The van der Waals surface area contributed by atoms with E-state index in [1.54, 1.807) is 0 Å². The van der Waals surface area contributed by atoms with E-state index in [0.717, 1.165) is 52.1 Å². The summed E-state index contributed by atoms with van der Waals surface area (Å²) in [5.74, 6) is 1.45. The van der Waals surface area contributed by atoms with E-state index < -0.39 is 0 Å². The summed E-state index contributed by atoms with van der Waals surface area (Å²) in [6.07, 6.45) is 6.16. The average molecular weight is 284 g/mol. The number of nitrogens with two attached hydrogens (primary N) is 1. The third-order valence-electron chi connectivity index (χ3n) is 4.28. The Morgan fingerprint density at radius 1 is 1.35 bits per heavy atom. The number of carbonyl (C=O) groups is 1. The molecule has 1 heterocycles. The number of carbonyl (C=O) groups excluding carboxylic acids is 1. The second kappa shape index (κ2) is 10.2. The van der Waals surface area contributed by atoms with Crippen LogP contribution < -0.4 is 5.73 Å². The summed E-state index contributed by atoms with van der Waals surface area (Å²) < 4.78 is 5.39. The van der Waals surface area contributed by atoms with E-state index in [0.29, 0.717) is 24.2 Å². The Kier molecular flexibility index (Phi) is 8.86. The molecule has 1 amide bonds. The molecule has 1 rings (SSSR count). The highest BCUT2D eigenvalue weighted by Gasteiger charge is 2.21. The zero-order chi connectivity index (χ0) is 14.8. The van der Waals surface area contributed by atoms with Crippen LogP contribution in [0.5, 0.6) is 0 Å². The second-order valence-corrected chi connectivity index (χ2v) is 5.93. The maximum absolute atomic E-state index is 12.3. The normalized spacial score (nSPS) is 20.1. The molecule has 4 heteroatoms. The monoisotopic (exact) mass is 284 g/mol. The fraction of sp³-hybridized carbons (Fsp3) is 0.938. The average Bonchev–Trinajstić information content (AvgIpc) is 2.95. The summed E-state index contributed by atoms with van der Waals surface area (Å²) in [6.45, 7) is 8.34. The first-order chi connectivity index (χ1) is 9.71. The second-order valence-electron chi connectivity index (χ2n) is 5.93. The lowest BCUT2D eigenvalue weighted by atomic mass is 9.94. The Balaban J connectivity index is 2.33. The molecule has 0 aromatic carbocycles. The van der Waals surface area contributed by atoms with Gasteiger partial charge in [0.2, 0.25) is 5.91 Å². The van der Waals surface area contributed by atoms with Gasteiger partial charge in [-0.1, -0.05) is 19.8 Å². The van der Waals surface area contributed by atoms with Gasteiger partial charge >= 0.3 is 0 Å². The van der Waals surface area contributed by atoms with Crippen LogP contribution in [0.2, 0.25) is 0 Å². The van der Waals surface area contributed by atoms with Crippen LogP contribution in [-0.2, 0) is 9.53 Å². The first-order valence-electron chi connectivity index (χ1n) is 8.26. The lowest BCUT2D eigenvalue weighted by Gasteiger charge is -2.25.